The van der Waals surface area contributed by atoms with Gasteiger partial charge in [-0.05, 0) is 38.3 Å². The highest BCUT2D eigenvalue weighted by molar-refractivity contribution is 14.0. The van der Waals surface area contributed by atoms with Crippen molar-refractivity contribution in [1.29, 1.82) is 0 Å². The Hall–Kier alpha value is -2.18. The molecule has 3 heterocycles. The molecule has 0 aliphatic carbocycles. The zero-order valence-corrected chi connectivity index (χ0v) is 21.3. The second kappa shape index (κ2) is 11.8. The standard InChI is InChI=1S/C22H31F2N7O.HI/c1-2-25-21(26-9-5-11-31-22(32)30-10-4-3-6-20(30)27-31)29-14-12-28(13-15-29)19-16-17(23)7-8-18(19)24;/h7-8,16H,2-6,9-15H2,1H3,(H,25,26);1H. The van der Waals surface area contributed by atoms with E-state index in [0.29, 0.717) is 45.0 Å². The van der Waals surface area contributed by atoms with Gasteiger partial charge in [0.25, 0.3) is 0 Å². The van der Waals surface area contributed by atoms with E-state index >= 15 is 0 Å². The summed E-state index contributed by atoms with van der Waals surface area (Å²) in [5, 5.41) is 7.79. The molecular weight excluding hydrogens is 543 g/mol. The van der Waals surface area contributed by atoms with Crippen molar-refractivity contribution in [2.75, 3.05) is 44.2 Å². The summed E-state index contributed by atoms with van der Waals surface area (Å²) >= 11 is 0. The Labute approximate surface area is 209 Å². The molecule has 4 rings (SSSR count). The molecule has 2 aliphatic rings. The normalized spacial score (nSPS) is 16.4. The van der Waals surface area contributed by atoms with Gasteiger partial charge in [0.1, 0.15) is 17.5 Å². The Morgan fingerprint density at radius 3 is 2.67 bits per heavy atom. The Balaban J connectivity index is 0.00000306. The Morgan fingerprint density at radius 2 is 1.94 bits per heavy atom. The number of hydrogen-bond acceptors (Lipinski definition) is 4. The van der Waals surface area contributed by atoms with Crippen LogP contribution < -0.4 is 15.9 Å². The van der Waals surface area contributed by atoms with Crippen molar-refractivity contribution < 1.29 is 8.78 Å². The van der Waals surface area contributed by atoms with E-state index in [1.54, 1.807) is 9.25 Å². The number of benzene rings is 1. The molecule has 2 aliphatic heterocycles. The van der Waals surface area contributed by atoms with Gasteiger partial charge in [0, 0.05) is 64.8 Å². The number of nitrogens with one attached hydrogen (secondary N) is 1. The van der Waals surface area contributed by atoms with Crippen LogP contribution in [-0.2, 0) is 19.5 Å². The second-order valence-electron chi connectivity index (χ2n) is 8.19. The summed E-state index contributed by atoms with van der Waals surface area (Å²) < 4.78 is 31.0. The predicted molar refractivity (Wildman–Crippen MR) is 136 cm³/mol. The van der Waals surface area contributed by atoms with E-state index in [1.807, 2.05) is 11.8 Å². The van der Waals surface area contributed by atoms with Crippen LogP contribution in [0.4, 0.5) is 14.5 Å². The monoisotopic (exact) mass is 575 g/mol. The van der Waals surface area contributed by atoms with Crippen LogP contribution in [-0.4, -0.2) is 64.5 Å². The number of halogens is 3. The van der Waals surface area contributed by atoms with Crippen LogP contribution in [0.1, 0.15) is 32.0 Å². The molecule has 0 radical (unpaired) electrons. The third kappa shape index (κ3) is 6.04. The lowest BCUT2D eigenvalue weighted by Crippen LogP contribution is -2.52. The summed E-state index contributed by atoms with van der Waals surface area (Å²) in [6, 6.07) is 3.56. The summed E-state index contributed by atoms with van der Waals surface area (Å²) in [6.07, 6.45) is 3.72. The van der Waals surface area contributed by atoms with E-state index in [-0.39, 0.29) is 29.7 Å². The smallest absolute Gasteiger partial charge is 0.345 e. The number of fused-ring (bicyclic) bond motifs is 1. The van der Waals surface area contributed by atoms with Crippen molar-refractivity contribution in [3.63, 3.8) is 0 Å². The van der Waals surface area contributed by atoms with Crippen molar-refractivity contribution in [2.24, 2.45) is 4.99 Å². The SMILES string of the molecule is CCNC(=NCCCn1nc2n(c1=O)CCCC2)N1CCN(c2cc(F)ccc2F)CC1.I. The lowest BCUT2D eigenvalue weighted by molar-refractivity contribution is 0.370. The summed E-state index contributed by atoms with van der Waals surface area (Å²) in [7, 11) is 0. The van der Waals surface area contributed by atoms with Crippen LogP contribution in [0.3, 0.4) is 0 Å². The summed E-state index contributed by atoms with van der Waals surface area (Å²) in [5.41, 5.74) is 0.288. The molecule has 0 bridgehead atoms. The Bertz CT molecular complexity index is 1010. The van der Waals surface area contributed by atoms with Crippen molar-refractivity contribution in [2.45, 2.75) is 45.7 Å². The minimum Gasteiger partial charge on any atom is -0.366 e. The van der Waals surface area contributed by atoms with Gasteiger partial charge in [-0.1, -0.05) is 0 Å². The molecule has 33 heavy (non-hydrogen) atoms. The van der Waals surface area contributed by atoms with Gasteiger partial charge in [-0.2, -0.15) is 5.10 Å². The number of aromatic nitrogens is 3. The Kier molecular flexibility index (Phi) is 9.10. The highest BCUT2D eigenvalue weighted by Crippen LogP contribution is 2.22. The molecule has 2 aromatic rings. The van der Waals surface area contributed by atoms with Crippen LogP contribution in [0.2, 0.25) is 0 Å². The molecule has 0 unspecified atom stereocenters. The van der Waals surface area contributed by atoms with E-state index in [2.05, 4.69) is 15.3 Å². The molecule has 11 heteroatoms. The molecular formula is C22H32F2IN7O. The maximum Gasteiger partial charge on any atom is 0.345 e. The molecule has 182 valence electrons. The minimum absolute atomic E-state index is 0. The van der Waals surface area contributed by atoms with Gasteiger partial charge in [-0.25, -0.2) is 18.3 Å². The van der Waals surface area contributed by atoms with Crippen molar-refractivity contribution in [1.82, 2.24) is 24.6 Å². The molecule has 8 nitrogen and oxygen atoms in total. The molecule has 0 spiro atoms. The number of guanidine groups is 1. The zero-order chi connectivity index (χ0) is 22.5. The largest absolute Gasteiger partial charge is 0.366 e. The van der Waals surface area contributed by atoms with Gasteiger partial charge in [0.2, 0.25) is 0 Å². The molecule has 1 fully saturated rings. The van der Waals surface area contributed by atoms with Gasteiger partial charge in [-0.3, -0.25) is 9.56 Å². The topological polar surface area (TPSA) is 70.7 Å². The van der Waals surface area contributed by atoms with Gasteiger partial charge in [-0.15, -0.1) is 24.0 Å². The fraction of sp³-hybridized carbons (Fsp3) is 0.591. The van der Waals surface area contributed by atoms with Crippen LogP contribution in [0.15, 0.2) is 28.0 Å². The third-order valence-corrected chi connectivity index (χ3v) is 5.98. The molecule has 0 saturated carbocycles. The van der Waals surface area contributed by atoms with Crippen molar-refractivity contribution in [3.05, 3.63) is 46.1 Å². The lowest BCUT2D eigenvalue weighted by Gasteiger charge is -2.37. The van der Waals surface area contributed by atoms with Crippen molar-refractivity contribution >= 4 is 35.6 Å². The molecule has 1 saturated heterocycles. The highest BCUT2D eigenvalue weighted by Gasteiger charge is 2.22. The number of piperazine rings is 1. The molecule has 1 N–H and O–H groups in total. The first-order chi connectivity index (χ1) is 15.6. The van der Waals surface area contributed by atoms with E-state index in [4.69, 9.17) is 4.99 Å². The molecule has 1 aromatic heterocycles. The van der Waals surface area contributed by atoms with E-state index in [9.17, 15) is 13.6 Å². The van der Waals surface area contributed by atoms with E-state index in [1.165, 1.54) is 12.1 Å². The first-order valence-corrected chi connectivity index (χ1v) is 11.5. The first kappa shape index (κ1) is 25.4. The van der Waals surface area contributed by atoms with Crippen molar-refractivity contribution in [3.8, 4) is 0 Å². The molecule has 1 aromatic carbocycles. The first-order valence-electron chi connectivity index (χ1n) is 11.5. The maximum absolute atomic E-state index is 14.1. The summed E-state index contributed by atoms with van der Waals surface area (Å²) in [4.78, 5) is 21.2. The van der Waals surface area contributed by atoms with Gasteiger partial charge >= 0.3 is 5.69 Å². The van der Waals surface area contributed by atoms with Crippen LogP contribution in [0.5, 0.6) is 0 Å². The number of aliphatic imine (C=N–C) groups is 1. The number of nitrogens with zero attached hydrogens (tertiary/aromatic N) is 6. The number of rotatable bonds is 6. The average molecular weight is 575 g/mol. The highest BCUT2D eigenvalue weighted by atomic mass is 127. The number of aryl methyl sites for hydroxylation is 2. The van der Waals surface area contributed by atoms with E-state index in [0.717, 1.165) is 56.6 Å². The van der Waals surface area contributed by atoms with E-state index < -0.39 is 11.6 Å². The van der Waals surface area contributed by atoms with Gasteiger partial charge in [0.05, 0.1) is 5.69 Å². The number of anilines is 1. The van der Waals surface area contributed by atoms with Gasteiger partial charge < -0.3 is 15.1 Å². The number of hydrogen-bond donors (Lipinski definition) is 1. The zero-order valence-electron chi connectivity index (χ0n) is 19.0. The second-order valence-corrected chi connectivity index (χ2v) is 8.19. The summed E-state index contributed by atoms with van der Waals surface area (Å²) in [5.74, 6) is 0.863. The quantitative estimate of drug-likeness (QED) is 0.248. The van der Waals surface area contributed by atoms with Crippen LogP contribution in [0.25, 0.3) is 0 Å². The minimum atomic E-state index is -0.434. The maximum atomic E-state index is 14.1. The fourth-order valence-corrected chi connectivity index (χ4v) is 4.31. The predicted octanol–water partition coefficient (Wildman–Crippen LogP) is 2.46. The van der Waals surface area contributed by atoms with Crippen LogP contribution >= 0.6 is 24.0 Å². The Morgan fingerprint density at radius 1 is 1.15 bits per heavy atom. The third-order valence-electron chi connectivity index (χ3n) is 5.98. The summed E-state index contributed by atoms with van der Waals surface area (Å²) in [6.45, 7) is 7.14. The molecule has 0 atom stereocenters. The fourth-order valence-electron chi connectivity index (χ4n) is 4.31. The lowest BCUT2D eigenvalue weighted by atomic mass is 10.2. The molecule has 0 amide bonds. The average Bonchev–Trinajstić information content (AvgIpc) is 3.13. The van der Waals surface area contributed by atoms with Crippen LogP contribution in [0, 0.1) is 11.6 Å². The van der Waals surface area contributed by atoms with Gasteiger partial charge in [0.15, 0.2) is 5.96 Å².